The highest BCUT2D eigenvalue weighted by molar-refractivity contribution is 6.00. The molecule has 3 aromatic rings. The number of nitrogens with zero attached hydrogens (tertiary/aromatic N) is 2. The van der Waals surface area contributed by atoms with E-state index >= 15 is 0 Å². The molecule has 1 aromatic heterocycles. The smallest absolute Gasteiger partial charge is 0.420 e. The van der Waals surface area contributed by atoms with Gasteiger partial charge in [-0.25, -0.2) is 4.79 Å². The van der Waals surface area contributed by atoms with E-state index < -0.39 is 23.5 Å². The molecule has 39 heavy (non-hydrogen) atoms. The molecule has 1 fully saturated rings. The molecular weight excluding hydrogens is 515 g/mol. The first-order valence-corrected chi connectivity index (χ1v) is 12.3. The van der Waals surface area contributed by atoms with Crippen molar-refractivity contribution in [3.63, 3.8) is 0 Å². The molecule has 206 valence electrons. The van der Waals surface area contributed by atoms with Crippen molar-refractivity contribution < 1.29 is 32.2 Å². The minimum Gasteiger partial charge on any atom is -0.489 e. The molecule has 2 aromatic carbocycles. The van der Waals surface area contributed by atoms with Crippen LogP contribution in [0.1, 0.15) is 28.9 Å². The number of anilines is 2. The van der Waals surface area contributed by atoms with Crippen LogP contribution < -0.4 is 25.4 Å². The van der Waals surface area contributed by atoms with E-state index in [4.69, 9.17) is 9.47 Å². The van der Waals surface area contributed by atoms with Crippen molar-refractivity contribution in [2.45, 2.75) is 19.0 Å². The van der Waals surface area contributed by atoms with E-state index in [0.29, 0.717) is 23.7 Å². The summed E-state index contributed by atoms with van der Waals surface area (Å²) in [5.74, 6) is 0.0499. The summed E-state index contributed by atoms with van der Waals surface area (Å²) in [5.41, 5.74) is -0.477. The Morgan fingerprint density at radius 3 is 2.44 bits per heavy atom. The van der Waals surface area contributed by atoms with Crippen molar-refractivity contribution in [3.8, 4) is 17.2 Å². The van der Waals surface area contributed by atoms with Crippen LogP contribution >= 0.6 is 0 Å². The monoisotopic (exact) mass is 543 g/mol. The number of likely N-dealkylation sites (tertiary alicyclic amines) is 1. The van der Waals surface area contributed by atoms with Gasteiger partial charge in [-0.3, -0.25) is 14.7 Å². The predicted octanol–water partition coefficient (Wildman–Crippen LogP) is 5.37. The van der Waals surface area contributed by atoms with Gasteiger partial charge in [0.05, 0.1) is 11.3 Å². The maximum absolute atomic E-state index is 13.7. The van der Waals surface area contributed by atoms with Crippen molar-refractivity contribution in [1.82, 2.24) is 15.2 Å². The zero-order chi connectivity index (χ0) is 27.8. The first kappa shape index (κ1) is 27.7. The maximum Gasteiger partial charge on any atom is 0.420 e. The molecule has 0 unspecified atom stereocenters. The van der Waals surface area contributed by atoms with Crippen LogP contribution in [0.3, 0.4) is 0 Å². The van der Waals surface area contributed by atoms with Crippen LogP contribution in [-0.4, -0.2) is 55.1 Å². The Labute approximate surface area is 223 Å². The fourth-order valence-corrected chi connectivity index (χ4v) is 4.05. The first-order chi connectivity index (χ1) is 18.7. The van der Waals surface area contributed by atoms with Gasteiger partial charge in [-0.1, -0.05) is 6.07 Å². The molecule has 0 atom stereocenters. The number of rotatable bonds is 9. The maximum atomic E-state index is 13.7. The van der Waals surface area contributed by atoms with Crippen LogP contribution in [0.15, 0.2) is 60.8 Å². The Morgan fingerprint density at radius 2 is 1.74 bits per heavy atom. The predicted molar refractivity (Wildman–Crippen MR) is 139 cm³/mol. The van der Waals surface area contributed by atoms with E-state index in [0.717, 1.165) is 32.0 Å². The van der Waals surface area contributed by atoms with E-state index in [2.05, 4.69) is 25.8 Å². The van der Waals surface area contributed by atoms with Crippen LogP contribution in [0.4, 0.5) is 29.3 Å². The number of aromatic nitrogens is 1. The molecule has 3 amide bonds. The fourth-order valence-electron chi connectivity index (χ4n) is 4.05. The lowest BCUT2D eigenvalue weighted by atomic mass is 10.1. The van der Waals surface area contributed by atoms with Gasteiger partial charge in [-0.15, -0.1) is 0 Å². The lowest BCUT2D eigenvalue weighted by Crippen LogP contribution is -2.26. The Kier molecular flexibility index (Phi) is 8.87. The van der Waals surface area contributed by atoms with Crippen molar-refractivity contribution in [1.29, 1.82) is 0 Å². The molecule has 9 nitrogen and oxygen atoms in total. The largest absolute Gasteiger partial charge is 0.489 e. The Balaban J connectivity index is 1.40. The molecule has 1 saturated heterocycles. The number of carbonyl (C=O) groups excluding carboxylic acids is 2. The van der Waals surface area contributed by atoms with Crippen LogP contribution in [0.2, 0.25) is 0 Å². The summed E-state index contributed by atoms with van der Waals surface area (Å²) in [6.07, 6.45) is -1.09. The number of benzene rings is 2. The van der Waals surface area contributed by atoms with Gasteiger partial charge in [0.15, 0.2) is 5.75 Å². The Morgan fingerprint density at radius 1 is 1.00 bits per heavy atom. The number of alkyl halides is 3. The number of halogens is 3. The van der Waals surface area contributed by atoms with Crippen molar-refractivity contribution >= 4 is 23.3 Å². The van der Waals surface area contributed by atoms with Crippen LogP contribution in [0.25, 0.3) is 0 Å². The van der Waals surface area contributed by atoms with Gasteiger partial charge in [0.2, 0.25) is 0 Å². The number of ether oxygens (including phenoxy) is 2. The second kappa shape index (κ2) is 12.5. The average Bonchev–Trinajstić information content (AvgIpc) is 3.43. The number of hydrogen-bond donors (Lipinski definition) is 3. The molecule has 2 heterocycles. The molecule has 4 rings (SSSR count). The van der Waals surface area contributed by atoms with E-state index in [1.165, 1.54) is 31.4 Å². The standard InChI is InChI=1S/C27H28F3N5O4/c1-31-25(36)23-17-20(11-12-32-23)39-19-9-7-18(8-10-19)33-26(37)34-22-6-4-5-21(27(28,29)30)24(22)38-16-15-35-13-2-3-14-35/h4-12,17H,2-3,13-16H2,1H3,(H,31,36)(H2,33,34,37). The summed E-state index contributed by atoms with van der Waals surface area (Å²) in [6.45, 7) is 2.34. The summed E-state index contributed by atoms with van der Waals surface area (Å²) in [5, 5.41) is 7.53. The third-order valence-corrected chi connectivity index (χ3v) is 5.96. The third kappa shape index (κ3) is 7.60. The number of hydrogen-bond acceptors (Lipinski definition) is 6. The van der Waals surface area contributed by atoms with Gasteiger partial charge in [0, 0.05) is 31.5 Å². The van der Waals surface area contributed by atoms with Gasteiger partial charge in [-0.05, 0) is 68.4 Å². The second-order valence-corrected chi connectivity index (χ2v) is 8.74. The summed E-state index contributed by atoms with van der Waals surface area (Å²) in [7, 11) is 1.50. The van der Waals surface area contributed by atoms with Crippen LogP contribution in [0, 0.1) is 0 Å². The molecule has 0 saturated carbocycles. The van der Waals surface area contributed by atoms with Crippen molar-refractivity contribution in [3.05, 3.63) is 72.1 Å². The molecule has 0 radical (unpaired) electrons. The molecule has 0 bridgehead atoms. The third-order valence-electron chi connectivity index (χ3n) is 5.96. The molecule has 0 aliphatic carbocycles. The van der Waals surface area contributed by atoms with E-state index in [9.17, 15) is 22.8 Å². The zero-order valence-electron chi connectivity index (χ0n) is 21.2. The number of pyridine rings is 1. The highest BCUT2D eigenvalue weighted by Crippen LogP contribution is 2.40. The number of urea groups is 1. The average molecular weight is 544 g/mol. The summed E-state index contributed by atoms with van der Waals surface area (Å²) in [6, 6.07) is 12.1. The van der Waals surface area contributed by atoms with Crippen LogP contribution in [-0.2, 0) is 6.18 Å². The van der Waals surface area contributed by atoms with Gasteiger partial charge in [0.25, 0.3) is 5.91 Å². The lowest BCUT2D eigenvalue weighted by molar-refractivity contribution is -0.138. The summed E-state index contributed by atoms with van der Waals surface area (Å²) in [4.78, 5) is 30.5. The zero-order valence-corrected chi connectivity index (χ0v) is 21.2. The lowest BCUT2D eigenvalue weighted by Gasteiger charge is -2.20. The molecule has 12 heteroatoms. The highest BCUT2D eigenvalue weighted by Gasteiger charge is 2.35. The van der Waals surface area contributed by atoms with E-state index in [1.807, 2.05) is 0 Å². The first-order valence-electron chi connectivity index (χ1n) is 12.3. The number of para-hydroxylation sites is 1. The normalized spacial score (nSPS) is 13.5. The Bertz CT molecular complexity index is 1300. The van der Waals surface area contributed by atoms with E-state index in [-0.39, 0.29) is 23.9 Å². The second-order valence-electron chi connectivity index (χ2n) is 8.74. The van der Waals surface area contributed by atoms with E-state index in [1.54, 1.807) is 30.3 Å². The topological polar surface area (TPSA) is 105 Å². The Hall–Kier alpha value is -4.32. The van der Waals surface area contributed by atoms with Gasteiger partial charge >= 0.3 is 12.2 Å². The molecule has 3 N–H and O–H groups in total. The summed E-state index contributed by atoms with van der Waals surface area (Å²) >= 11 is 0. The van der Waals surface area contributed by atoms with Crippen molar-refractivity contribution in [2.75, 3.05) is 43.9 Å². The van der Waals surface area contributed by atoms with Crippen molar-refractivity contribution in [2.24, 2.45) is 0 Å². The quantitative estimate of drug-likeness (QED) is 0.335. The molecule has 0 spiro atoms. The SMILES string of the molecule is CNC(=O)c1cc(Oc2ccc(NC(=O)Nc3cccc(C(F)(F)F)c3OCCN3CCCC3)cc2)ccn1. The number of nitrogens with one attached hydrogen (secondary N) is 3. The molecule has 1 aliphatic rings. The fraction of sp³-hybridized carbons (Fsp3) is 0.296. The highest BCUT2D eigenvalue weighted by atomic mass is 19.4. The van der Waals surface area contributed by atoms with Gasteiger partial charge < -0.3 is 25.4 Å². The van der Waals surface area contributed by atoms with Gasteiger partial charge in [0.1, 0.15) is 23.8 Å². The molecule has 1 aliphatic heterocycles. The van der Waals surface area contributed by atoms with Gasteiger partial charge in [-0.2, -0.15) is 13.2 Å². The minimum absolute atomic E-state index is 0.0624. The van der Waals surface area contributed by atoms with Crippen LogP contribution in [0.5, 0.6) is 17.2 Å². The minimum atomic E-state index is -4.65. The molecular formula is C27H28F3N5O4. The summed E-state index contributed by atoms with van der Waals surface area (Å²) < 4.78 is 52.3. The number of amides is 3. The number of carbonyl (C=O) groups is 2.